The number of ether oxygens (including phenoxy) is 1. The number of nitrogens with zero attached hydrogens (tertiary/aromatic N) is 2. The summed E-state index contributed by atoms with van der Waals surface area (Å²) in [5.74, 6) is 0.893. The van der Waals surface area contributed by atoms with Gasteiger partial charge in [-0.15, -0.1) is 11.3 Å². The Morgan fingerprint density at radius 2 is 2.09 bits per heavy atom. The Balaban J connectivity index is 1.82. The monoisotopic (exact) mass is 333 g/mol. The van der Waals surface area contributed by atoms with Crippen molar-refractivity contribution < 1.29 is 9.53 Å². The lowest BCUT2D eigenvalue weighted by molar-refractivity contribution is 0.195. The van der Waals surface area contributed by atoms with Gasteiger partial charge in [0.15, 0.2) is 0 Å². The zero-order valence-electron chi connectivity index (χ0n) is 14.0. The molecule has 2 amide bonds. The van der Waals surface area contributed by atoms with E-state index >= 15 is 0 Å². The van der Waals surface area contributed by atoms with Crippen molar-refractivity contribution in [3.63, 3.8) is 0 Å². The minimum absolute atomic E-state index is 0.0831. The quantitative estimate of drug-likeness (QED) is 0.882. The molecule has 124 valence electrons. The predicted octanol–water partition coefficient (Wildman–Crippen LogP) is 3.37. The number of carbonyl (C=O) groups is 1. The molecule has 5 nitrogen and oxygen atoms in total. The number of amides is 2. The van der Waals surface area contributed by atoms with E-state index in [1.807, 2.05) is 44.4 Å². The molecule has 1 N–H and O–H groups in total. The zero-order valence-corrected chi connectivity index (χ0v) is 14.8. The van der Waals surface area contributed by atoms with Crippen LogP contribution in [0.2, 0.25) is 0 Å². The van der Waals surface area contributed by atoms with Gasteiger partial charge in [-0.2, -0.15) is 0 Å². The molecule has 0 fully saturated rings. The molecule has 0 aliphatic heterocycles. The van der Waals surface area contributed by atoms with Crippen LogP contribution >= 0.6 is 11.3 Å². The highest BCUT2D eigenvalue weighted by Crippen LogP contribution is 2.22. The van der Waals surface area contributed by atoms with Crippen LogP contribution in [0.3, 0.4) is 0 Å². The first-order valence-electron chi connectivity index (χ1n) is 7.56. The normalized spacial score (nSPS) is 11.8. The van der Waals surface area contributed by atoms with Gasteiger partial charge in [-0.1, -0.05) is 18.2 Å². The van der Waals surface area contributed by atoms with Crippen LogP contribution in [0.5, 0.6) is 5.75 Å². The number of carbonyl (C=O) groups excluding carboxylic acids is 1. The van der Waals surface area contributed by atoms with Crippen molar-refractivity contribution in [3.05, 3.63) is 45.9 Å². The van der Waals surface area contributed by atoms with E-state index in [1.54, 1.807) is 29.5 Å². The Bertz CT molecular complexity index is 623. The molecule has 1 atom stereocenters. The average molecular weight is 333 g/mol. The molecule has 1 aromatic heterocycles. The molecule has 0 spiro atoms. The maximum absolute atomic E-state index is 12.2. The average Bonchev–Trinajstić information content (AvgIpc) is 2.99. The van der Waals surface area contributed by atoms with Crippen LogP contribution in [0.15, 0.2) is 29.8 Å². The van der Waals surface area contributed by atoms with Crippen molar-refractivity contribution in [2.24, 2.45) is 0 Å². The van der Waals surface area contributed by atoms with Crippen LogP contribution in [-0.2, 0) is 6.54 Å². The maximum Gasteiger partial charge on any atom is 0.317 e. The second-order valence-corrected chi connectivity index (χ2v) is 6.64. The van der Waals surface area contributed by atoms with Crippen molar-refractivity contribution in [1.82, 2.24) is 15.2 Å². The van der Waals surface area contributed by atoms with Crippen LogP contribution < -0.4 is 10.1 Å². The van der Waals surface area contributed by atoms with Crippen LogP contribution in [0.4, 0.5) is 4.79 Å². The van der Waals surface area contributed by atoms with E-state index < -0.39 is 0 Å². The number of aryl methyl sites for hydroxylation is 2. The highest BCUT2D eigenvalue weighted by molar-refractivity contribution is 7.09. The molecule has 1 unspecified atom stereocenters. The SMILES string of the molecule is Cc1cccc(C)c1OCC(C)NC(=O)N(C)Cc1nccs1. The zero-order chi connectivity index (χ0) is 16.8. The maximum atomic E-state index is 12.2. The van der Waals surface area contributed by atoms with E-state index in [4.69, 9.17) is 4.74 Å². The molecule has 23 heavy (non-hydrogen) atoms. The second-order valence-electron chi connectivity index (χ2n) is 5.66. The van der Waals surface area contributed by atoms with Gasteiger partial charge in [0, 0.05) is 18.6 Å². The van der Waals surface area contributed by atoms with E-state index in [0.29, 0.717) is 13.2 Å². The smallest absolute Gasteiger partial charge is 0.317 e. The van der Waals surface area contributed by atoms with Gasteiger partial charge >= 0.3 is 6.03 Å². The van der Waals surface area contributed by atoms with Crippen LogP contribution in [-0.4, -0.2) is 35.6 Å². The van der Waals surface area contributed by atoms with Crippen LogP contribution in [0, 0.1) is 13.8 Å². The van der Waals surface area contributed by atoms with Crippen LogP contribution in [0.25, 0.3) is 0 Å². The summed E-state index contributed by atoms with van der Waals surface area (Å²) in [7, 11) is 1.76. The van der Waals surface area contributed by atoms with Gasteiger partial charge in [0.1, 0.15) is 17.4 Å². The Kier molecular flexibility index (Phi) is 5.98. The summed E-state index contributed by atoms with van der Waals surface area (Å²) < 4.78 is 5.87. The minimum atomic E-state index is -0.127. The van der Waals surface area contributed by atoms with E-state index in [0.717, 1.165) is 21.9 Å². The number of thiazole rings is 1. The first kappa shape index (κ1) is 17.3. The fourth-order valence-corrected chi connectivity index (χ4v) is 2.87. The van der Waals surface area contributed by atoms with Gasteiger partial charge in [-0.3, -0.25) is 0 Å². The molecule has 0 saturated carbocycles. The fraction of sp³-hybridized carbons (Fsp3) is 0.412. The van der Waals surface area contributed by atoms with Crippen molar-refractivity contribution in [3.8, 4) is 5.75 Å². The van der Waals surface area contributed by atoms with Crippen molar-refractivity contribution in [2.75, 3.05) is 13.7 Å². The molecule has 1 heterocycles. The molecular formula is C17H23N3O2S. The van der Waals surface area contributed by atoms with E-state index in [1.165, 1.54) is 0 Å². The third-order valence-electron chi connectivity index (χ3n) is 3.46. The number of rotatable bonds is 6. The number of para-hydroxylation sites is 1. The van der Waals surface area contributed by atoms with Gasteiger partial charge < -0.3 is 15.0 Å². The van der Waals surface area contributed by atoms with Gasteiger partial charge in [-0.25, -0.2) is 9.78 Å². The Morgan fingerprint density at radius 1 is 1.39 bits per heavy atom. The molecule has 2 aromatic rings. The Morgan fingerprint density at radius 3 is 2.70 bits per heavy atom. The lowest BCUT2D eigenvalue weighted by atomic mass is 10.1. The summed E-state index contributed by atoms with van der Waals surface area (Å²) in [4.78, 5) is 18.0. The minimum Gasteiger partial charge on any atom is -0.491 e. The molecule has 6 heteroatoms. The molecule has 0 aliphatic carbocycles. The lowest BCUT2D eigenvalue weighted by Gasteiger charge is -2.21. The molecule has 1 aromatic carbocycles. The van der Waals surface area contributed by atoms with Gasteiger partial charge in [0.25, 0.3) is 0 Å². The van der Waals surface area contributed by atoms with E-state index in [9.17, 15) is 4.79 Å². The number of benzene rings is 1. The Hall–Kier alpha value is -2.08. The highest BCUT2D eigenvalue weighted by atomic mass is 32.1. The fourth-order valence-electron chi connectivity index (χ4n) is 2.20. The van der Waals surface area contributed by atoms with E-state index in [2.05, 4.69) is 10.3 Å². The summed E-state index contributed by atoms with van der Waals surface area (Å²) in [5, 5.41) is 5.76. The third-order valence-corrected chi connectivity index (χ3v) is 4.22. The lowest BCUT2D eigenvalue weighted by Crippen LogP contribution is -2.43. The topological polar surface area (TPSA) is 54.5 Å². The van der Waals surface area contributed by atoms with Crippen LogP contribution in [0.1, 0.15) is 23.1 Å². The Labute approximate surface area is 141 Å². The number of aromatic nitrogens is 1. The first-order chi connectivity index (χ1) is 11.0. The number of nitrogens with one attached hydrogen (secondary N) is 1. The second kappa shape index (κ2) is 7.97. The third kappa shape index (κ3) is 4.96. The summed E-state index contributed by atoms with van der Waals surface area (Å²) in [6, 6.07) is 5.84. The largest absolute Gasteiger partial charge is 0.491 e. The standard InChI is InChI=1S/C17H23N3O2S/c1-12-6-5-7-13(2)16(12)22-11-14(3)19-17(21)20(4)10-15-18-8-9-23-15/h5-9,14H,10-11H2,1-4H3,(H,19,21). The highest BCUT2D eigenvalue weighted by Gasteiger charge is 2.14. The first-order valence-corrected chi connectivity index (χ1v) is 8.44. The molecule has 0 bridgehead atoms. The molecular weight excluding hydrogens is 310 g/mol. The summed E-state index contributed by atoms with van der Waals surface area (Å²) >= 11 is 1.54. The molecule has 0 radical (unpaired) electrons. The number of hydrogen-bond acceptors (Lipinski definition) is 4. The van der Waals surface area contributed by atoms with Crippen molar-refractivity contribution >= 4 is 17.4 Å². The van der Waals surface area contributed by atoms with Gasteiger partial charge in [0.05, 0.1) is 12.6 Å². The number of hydrogen-bond donors (Lipinski definition) is 1. The van der Waals surface area contributed by atoms with Gasteiger partial charge in [0.2, 0.25) is 0 Å². The molecule has 0 saturated heterocycles. The number of urea groups is 1. The van der Waals surface area contributed by atoms with Crippen molar-refractivity contribution in [2.45, 2.75) is 33.4 Å². The predicted molar refractivity (Wildman–Crippen MR) is 93.0 cm³/mol. The summed E-state index contributed by atoms with van der Waals surface area (Å²) in [5.41, 5.74) is 2.20. The molecule has 0 aliphatic rings. The summed E-state index contributed by atoms with van der Waals surface area (Å²) in [6.07, 6.45) is 1.74. The summed E-state index contributed by atoms with van der Waals surface area (Å²) in [6.45, 7) is 6.92. The molecule has 2 rings (SSSR count). The van der Waals surface area contributed by atoms with E-state index in [-0.39, 0.29) is 12.1 Å². The van der Waals surface area contributed by atoms with Gasteiger partial charge in [-0.05, 0) is 31.9 Å². The van der Waals surface area contributed by atoms with Crippen molar-refractivity contribution in [1.29, 1.82) is 0 Å².